The van der Waals surface area contributed by atoms with Crippen LogP contribution in [0.25, 0.3) is 0 Å². The standard InChI is InChI=1S/C30H36FNO4Si/c1-21-18-32(19-22(2)36-21)28-24(16-23(29(33)34)17-27(28)31)20-35-37(30(3,4)5,25-12-8-6-9-13-25)26-14-10-7-11-15-26/h6-17,21-22H,18-20H2,1-5H3,(H,33,34). The third-order valence-corrected chi connectivity index (χ3v) is 12.0. The van der Waals surface area contributed by atoms with Gasteiger partial charge in [-0.3, -0.25) is 0 Å². The van der Waals surface area contributed by atoms with E-state index < -0.39 is 20.1 Å². The van der Waals surface area contributed by atoms with Crippen molar-refractivity contribution in [1.29, 1.82) is 0 Å². The van der Waals surface area contributed by atoms with Crippen LogP contribution in [0.3, 0.4) is 0 Å². The topological polar surface area (TPSA) is 59.0 Å². The Bertz CT molecular complexity index is 1180. The third kappa shape index (κ3) is 5.49. The summed E-state index contributed by atoms with van der Waals surface area (Å²) >= 11 is 0. The van der Waals surface area contributed by atoms with E-state index >= 15 is 4.39 Å². The normalized spacial score (nSPS) is 18.6. The molecule has 37 heavy (non-hydrogen) atoms. The van der Waals surface area contributed by atoms with Crippen LogP contribution in [0, 0.1) is 5.82 Å². The van der Waals surface area contributed by atoms with Crippen LogP contribution in [-0.2, 0) is 15.8 Å². The van der Waals surface area contributed by atoms with Gasteiger partial charge in [-0.2, -0.15) is 0 Å². The molecule has 2 unspecified atom stereocenters. The van der Waals surface area contributed by atoms with Gasteiger partial charge in [-0.25, -0.2) is 9.18 Å². The van der Waals surface area contributed by atoms with E-state index in [0.29, 0.717) is 24.3 Å². The number of carbonyl (C=O) groups is 1. The predicted molar refractivity (Wildman–Crippen MR) is 148 cm³/mol. The molecule has 1 heterocycles. The number of morpholine rings is 1. The summed E-state index contributed by atoms with van der Waals surface area (Å²) in [6.07, 6.45) is -0.152. The highest BCUT2D eigenvalue weighted by Gasteiger charge is 2.50. The van der Waals surface area contributed by atoms with Gasteiger partial charge in [0.2, 0.25) is 0 Å². The SMILES string of the molecule is CC1CN(c2c(F)cc(C(=O)O)cc2CO[Si](c2ccccc2)(c2ccccc2)C(C)(C)C)CC(C)O1. The Kier molecular flexibility index (Phi) is 7.87. The fourth-order valence-electron chi connectivity index (χ4n) is 5.55. The van der Waals surface area contributed by atoms with Gasteiger partial charge in [-0.15, -0.1) is 0 Å². The van der Waals surface area contributed by atoms with Crippen molar-refractivity contribution in [2.75, 3.05) is 18.0 Å². The molecule has 4 rings (SSSR count). The van der Waals surface area contributed by atoms with Crippen LogP contribution in [0.2, 0.25) is 5.04 Å². The zero-order valence-electron chi connectivity index (χ0n) is 22.2. The van der Waals surface area contributed by atoms with Crippen molar-refractivity contribution < 1.29 is 23.5 Å². The van der Waals surface area contributed by atoms with Crippen molar-refractivity contribution in [3.63, 3.8) is 0 Å². The molecule has 3 aromatic rings. The van der Waals surface area contributed by atoms with Gasteiger partial charge in [-0.05, 0) is 41.4 Å². The van der Waals surface area contributed by atoms with Gasteiger partial charge in [0.05, 0.1) is 30.1 Å². The molecular formula is C30H36FNO4Si. The first-order chi connectivity index (χ1) is 17.5. The molecule has 196 valence electrons. The predicted octanol–water partition coefficient (Wildman–Crippen LogP) is 5.21. The fraction of sp³-hybridized carbons (Fsp3) is 0.367. The Hall–Kier alpha value is -3.00. The molecule has 5 nitrogen and oxygen atoms in total. The number of hydrogen-bond acceptors (Lipinski definition) is 4. The van der Waals surface area contributed by atoms with Gasteiger partial charge in [0, 0.05) is 18.7 Å². The number of aromatic carboxylic acids is 1. The molecule has 3 aromatic carbocycles. The van der Waals surface area contributed by atoms with Crippen molar-refractivity contribution >= 4 is 30.3 Å². The van der Waals surface area contributed by atoms with Gasteiger partial charge in [0.25, 0.3) is 8.32 Å². The van der Waals surface area contributed by atoms with Gasteiger partial charge < -0.3 is 19.2 Å². The summed E-state index contributed by atoms with van der Waals surface area (Å²) in [6, 6.07) is 23.1. The number of benzene rings is 3. The average Bonchev–Trinajstić information content (AvgIpc) is 2.84. The van der Waals surface area contributed by atoms with Crippen LogP contribution < -0.4 is 15.3 Å². The number of ether oxygens (including phenoxy) is 1. The number of nitrogens with zero attached hydrogens (tertiary/aromatic N) is 1. The fourth-order valence-corrected chi connectivity index (χ4v) is 10.1. The summed E-state index contributed by atoms with van der Waals surface area (Å²) in [5, 5.41) is 11.7. The van der Waals surface area contributed by atoms with E-state index in [0.717, 1.165) is 16.4 Å². The Morgan fingerprint density at radius 2 is 1.51 bits per heavy atom. The molecule has 0 radical (unpaired) electrons. The first-order valence-electron chi connectivity index (χ1n) is 12.7. The highest BCUT2D eigenvalue weighted by molar-refractivity contribution is 6.99. The summed E-state index contributed by atoms with van der Waals surface area (Å²) in [5.41, 5.74) is 0.841. The minimum Gasteiger partial charge on any atom is -0.478 e. The lowest BCUT2D eigenvalue weighted by molar-refractivity contribution is -0.00550. The molecule has 0 bridgehead atoms. The Morgan fingerprint density at radius 1 is 1.00 bits per heavy atom. The van der Waals surface area contributed by atoms with E-state index in [1.165, 1.54) is 0 Å². The number of anilines is 1. The molecule has 0 saturated carbocycles. The first kappa shape index (κ1) is 27.0. The lowest BCUT2D eigenvalue weighted by atomic mass is 10.1. The van der Waals surface area contributed by atoms with Crippen molar-refractivity contribution in [3.8, 4) is 0 Å². The average molecular weight is 522 g/mol. The number of rotatable bonds is 7. The molecule has 1 aliphatic heterocycles. The summed E-state index contributed by atoms with van der Waals surface area (Å²) in [4.78, 5) is 13.8. The lowest BCUT2D eigenvalue weighted by Crippen LogP contribution is -2.66. The van der Waals surface area contributed by atoms with Crippen LogP contribution in [0.4, 0.5) is 10.1 Å². The summed E-state index contributed by atoms with van der Waals surface area (Å²) in [6.45, 7) is 11.6. The molecule has 0 aliphatic carbocycles. The Labute approximate surface area is 220 Å². The monoisotopic (exact) mass is 521 g/mol. The van der Waals surface area contributed by atoms with E-state index in [1.54, 1.807) is 6.07 Å². The maximum absolute atomic E-state index is 15.6. The summed E-state index contributed by atoms with van der Waals surface area (Å²) in [7, 11) is -2.91. The van der Waals surface area contributed by atoms with E-state index in [9.17, 15) is 9.90 Å². The van der Waals surface area contributed by atoms with Crippen molar-refractivity contribution in [2.45, 2.75) is 58.5 Å². The van der Waals surface area contributed by atoms with E-state index in [-0.39, 0.29) is 29.4 Å². The molecule has 1 N–H and O–H groups in total. The highest BCUT2D eigenvalue weighted by Crippen LogP contribution is 2.38. The zero-order chi connectivity index (χ0) is 26.8. The van der Waals surface area contributed by atoms with E-state index in [4.69, 9.17) is 9.16 Å². The first-order valence-corrected chi connectivity index (χ1v) is 14.6. The van der Waals surface area contributed by atoms with Crippen LogP contribution in [0.1, 0.15) is 50.5 Å². The minimum absolute atomic E-state index is 0.0762. The van der Waals surface area contributed by atoms with E-state index in [1.807, 2.05) is 55.1 Å². The second-order valence-electron chi connectivity index (χ2n) is 10.9. The second-order valence-corrected chi connectivity index (χ2v) is 15.2. The van der Waals surface area contributed by atoms with Crippen molar-refractivity contribution in [1.82, 2.24) is 0 Å². The molecular weight excluding hydrogens is 485 g/mol. The molecule has 1 saturated heterocycles. The minimum atomic E-state index is -2.91. The van der Waals surface area contributed by atoms with Gasteiger partial charge in [0.1, 0.15) is 5.82 Å². The Balaban J connectivity index is 1.85. The Morgan fingerprint density at radius 3 is 1.97 bits per heavy atom. The third-order valence-electron chi connectivity index (χ3n) is 6.99. The maximum atomic E-state index is 15.6. The summed E-state index contributed by atoms with van der Waals surface area (Å²) < 4.78 is 28.5. The lowest BCUT2D eigenvalue weighted by Gasteiger charge is -2.43. The van der Waals surface area contributed by atoms with Crippen LogP contribution in [0.5, 0.6) is 0 Å². The highest BCUT2D eigenvalue weighted by atomic mass is 28.4. The number of carboxylic acids is 1. The van der Waals surface area contributed by atoms with Crippen LogP contribution in [0.15, 0.2) is 72.8 Å². The van der Waals surface area contributed by atoms with Crippen molar-refractivity contribution in [3.05, 3.63) is 89.7 Å². The molecule has 0 amide bonds. The number of hydrogen-bond donors (Lipinski definition) is 1. The van der Waals surface area contributed by atoms with Crippen LogP contribution >= 0.6 is 0 Å². The molecule has 0 aromatic heterocycles. The van der Waals surface area contributed by atoms with Crippen LogP contribution in [-0.4, -0.2) is 44.7 Å². The number of halogens is 1. The van der Waals surface area contributed by atoms with Crippen molar-refractivity contribution in [2.24, 2.45) is 0 Å². The molecule has 0 spiro atoms. The molecule has 7 heteroatoms. The molecule has 1 fully saturated rings. The zero-order valence-corrected chi connectivity index (χ0v) is 23.2. The quantitative estimate of drug-likeness (QED) is 0.433. The van der Waals surface area contributed by atoms with Gasteiger partial charge in [0.15, 0.2) is 0 Å². The smallest absolute Gasteiger partial charge is 0.335 e. The molecule has 2 atom stereocenters. The largest absolute Gasteiger partial charge is 0.478 e. The molecule has 1 aliphatic rings. The van der Waals surface area contributed by atoms with Gasteiger partial charge in [-0.1, -0.05) is 81.4 Å². The van der Waals surface area contributed by atoms with Gasteiger partial charge >= 0.3 is 5.97 Å². The second kappa shape index (κ2) is 10.8. The maximum Gasteiger partial charge on any atom is 0.335 e. The number of carboxylic acid groups (broad SMARTS) is 1. The summed E-state index contributed by atoms with van der Waals surface area (Å²) in [5.74, 6) is -1.72. The van der Waals surface area contributed by atoms with E-state index in [2.05, 4.69) is 45.0 Å².